The molecule has 0 N–H and O–H groups in total. The third-order valence-electron chi connectivity index (χ3n) is 4.83. The number of carbonyl (C=O) groups excluding carboxylic acids is 1. The van der Waals surface area contributed by atoms with Crippen LogP contribution in [-0.4, -0.2) is 40.8 Å². The van der Waals surface area contributed by atoms with Crippen LogP contribution in [0.2, 0.25) is 0 Å². The lowest BCUT2D eigenvalue weighted by atomic mass is 9.88. The molecule has 26 heavy (non-hydrogen) atoms. The number of carbonyl (C=O) groups is 1. The minimum absolute atomic E-state index is 0.221. The number of ether oxygens (including phenoxy) is 3. The quantitative estimate of drug-likeness (QED) is 0.790. The van der Waals surface area contributed by atoms with Crippen LogP contribution in [0.1, 0.15) is 58.9 Å². The molecule has 0 radical (unpaired) electrons. The largest absolute Gasteiger partial charge is 0.475 e. The molecule has 0 spiro atoms. The van der Waals surface area contributed by atoms with Gasteiger partial charge in [-0.25, -0.2) is 4.79 Å². The number of rotatable bonds is 2. The van der Waals surface area contributed by atoms with Gasteiger partial charge in [0.2, 0.25) is 11.8 Å². The molecule has 6 heteroatoms. The Morgan fingerprint density at radius 3 is 2.77 bits per heavy atom. The van der Waals surface area contributed by atoms with Crippen LogP contribution < -0.4 is 9.47 Å². The Hall–Kier alpha value is -1.98. The fourth-order valence-electron chi connectivity index (χ4n) is 3.40. The standard InChI is InChI=1S/C20H30N2O4/c1-14-7-5-6-8-16(14)25-17-10-9-15-13-22(11-12-24-18(15)21-17)19(23)26-20(2,3)4/h9-10,14,16H,5-8,11-13H2,1-4H3. The lowest BCUT2D eigenvalue weighted by molar-refractivity contribution is 0.0225. The topological polar surface area (TPSA) is 60.9 Å². The zero-order chi connectivity index (χ0) is 18.7. The molecular formula is C20H30N2O4. The fraction of sp³-hybridized carbons (Fsp3) is 0.700. The van der Waals surface area contributed by atoms with Gasteiger partial charge in [0.15, 0.2) is 0 Å². The number of aromatic nitrogens is 1. The van der Waals surface area contributed by atoms with Crippen molar-refractivity contribution in [3.8, 4) is 11.8 Å². The molecule has 2 heterocycles. The van der Waals surface area contributed by atoms with Crippen molar-refractivity contribution in [2.24, 2.45) is 5.92 Å². The Kier molecular flexibility index (Phi) is 5.58. The lowest BCUT2D eigenvalue weighted by Gasteiger charge is -2.29. The van der Waals surface area contributed by atoms with Crippen molar-refractivity contribution in [3.63, 3.8) is 0 Å². The van der Waals surface area contributed by atoms with Gasteiger partial charge in [0.1, 0.15) is 18.3 Å². The molecule has 1 amide bonds. The molecule has 6 nitrogen and oxygen atoms in total. The smallest absolute Gasteiger partial charge is 0.410 e. The SMILES string of the molecule is CC1CCCCC1Oc1ccc2c(n1)OCCN(C(=O)OC(C)(C)C)C2. The zero-order valence-electron chi connectivity index (χ0n) is 16.3. The van der Waals surface area contributed by atoms with Gasteiger partial charge in [-0.1, -0.05) is 13.3 Å². The van der Waals surface area contributed by atoms with Gasteiger partial charge in [-0.3, -0.25) is 0 Å². The van der Waals surface area contributed by atoms with Crippen LogP contribution in [-0.2, 0) is 11.3 Å². The molecule has 0 aromatic carbocycles. The average Bonchev–Trinajstić information content (AvgIpc) is 2.77. The highest BCUT2D eigenvalue weighted by atomic mass is 16.6. The van der Waals surface area contributed by atoms with Crippen LogP contribution in [0.15, 0.2) is 12.1 Å². The summed E-state index contributed by atoms with van der Waals surface area (Å²) < 4.78 is 17.4. The number of pyridine rings is 1. The van der Waals surface area contributed by atoms with Gasteiger partial charge in [0.25, 0.3) is 0 Å². The summed E-state index contributed by atoms with van der Waals surface area (Å²) in [6, 6.07) is 3.82. The van der Waals surface area contributed by atoms with E-state index in [1.165, 1.54) is 19.3 Å². The molecule has 1 fully saturated rings. The second kappa shape index (κ2) is 7.72. The minimum Gasteiger partial charge on any atom is -0.475 e. The zero-order valence-corrected chi connectivity index (χ0v) is 16.3. The highest BCUT2D eigenvalue weighted by molar-refractivity contribution is 5.68. The average molecular weight is 362 g/mol. The summed E-state index contributed by atoms with van der Waals surface area (Å²) in [5, 5.41) is 0. The molecule has 2 aliphatic rings. The van der Waals surface area contributed by atoms with Crippen LogP contribution in [0.25, 0.3) is 0 Å². The molecule has 3 rings (SSSR count). The summed E-state index contributed by atoms with van der Waals surface area (Å²) in [5.74, 6) is 1.71. The van der Waals surface area contributed by atoms with E-state index in [1.807, 2.05) is 32.9 Å². The summed E-state index contributed by atoms with van der Waals surface area (Å²) >= 11 is 0. The summed E-state index contributed by atoms with van der Waals surface area (Å²) in [6.45, 7) is 9.13. The Bertz CT molecular complexity index is 641. The first-order valence-corrected chi connectivity index (χ1v) is 9.59. The number of hydrogen-bond donors (Lipinski definition) is 0. The van der Waals surface area contributed by atoms with Crippen molar-refractivity contribution in [1.29, 1.82) is 0 Å². The van der Waals surface area contributed by atoms with E-state index in [9.17, 15) is 4.79 Å². The number of hydrogen-bond acceptors (Lipinski definition) is 5. The first kappa shape index (κ1) is 18.8. The van der Waals surface area contributed by atoms with Gasteiger partial charge in [-0.15, -0.1) is 0 Å². The Morgan fingerprint density at radius 1 is 1.27 bits per heavy atom. The van der Waals surface area contributed by atoms with E-state index in [2.05, 4.69) is 11.9 Å². The normalized spacial score (nSPS) is 23.5. The van der Waals surface area contributed by atoms with E-state index < -0.39 is 5.60 Å². The molecule has 1 aromatic heterocycles. The Morgan fingerprint density at radius 2 is 2.04 bits per heavy atom. The highest BCUT2D eigenvalue weighted by Gasteiger charge is 2.27. The van der Waals surface area contributed by atoms with Gasteiger partial charge in [0, 0.05) is 11.6 Å². The van der Waals surface area contributed by atoms with E-state index in [0.717, 1.165) is 12.0 Å². The van der Waals surface area contributed by atoms with Crippen molar-refractivity contribution in [3.05, 3.63) is 17.7 Å². The number of fused-ring (bicyclic) bond motifs is 1. The molecular weight excluding hydrogens is 332 g/mol. The summed E-state index contributed by atoms with van der Waals surface area (Å²) in [5.41, 5.74) is 0.358. The van der Waals surface area contributed by atoms with Crippen LogP contribution in [0.5, 0.6) is 11.8 Å². The van der Waals surface area contributed by atoms with Crippen LogP contribution in [0.3, 0.4) is 0 Å². The third kappa shape index (κ3) is 4.80. The van der Waals surface area contributed by atoms with Crippen molar-refractivity contribution in [2.45, 2.75) is 71.6 Å². The van der Waals surface area contributed by atoms with E-state index in [0.29, 0.717) is 37.4 Å². The third-order valence-corrected chi connectivity index (χ3v) is 4.83. The molecule has 144 valence electrons. The highest BCUT2D eigenvalue weighted by Crippen LogP contribution is 2.30. The van der Waals surface area contributed by atoms with Crippen LogP contribution in [0.4, 0.5) is 4.79 Å². The number of nitrogens with zero attached hydrogens (tertiary/aromatic N) is 2. The van der Waals surface area contributed by atoms with Crippen molar-refractivity contribution in [2.75, 3.05) is 13.2 Å². The predicted molar refractivity (Wildman–Crippen MR) is 98.4 cm³/mol. The second-order valence-corrected chi connectivity index (χ2v) is 8.28. The van der Waals surface area contributed by atoms with Crippen molar-refractivity contribution in [1.82, 2.24) is 9.88 Å². The molecule has 1 saturated carbocycles. The van der Waals surface area contributed by atoms with Gasteiger partial charge in [0.05, 0.1) is 13.1 Å². The predicted octanol–water partition coefficient (Wildman–Crippen LogP) is 4.17. The first-order chi connectivity index (χ1) is 12.3. The first-order valence-electron chi connectivity index (χ1n) is 9.59. The van der Waals surface area contributed by atoms with Crippen molar-refractivity contribution < 1.29 is 19.0 Å². The van der Waals surface area contributed by atoms with E-state index >= 15 is 0 Å². The monoisotopic (exact) mass is 362 g/mol. The van der Waals surface area contributed by atoms with Gasteiger partial charge in [-0.2, -0.15) is 4.98 Å². The fourth-order valence-corrected chi connectivity index (χ4v) is 3.40. The maximum Gasteiger partial charge on any atom is 0.410 e. The molecule has 0 bridgehead atoms. The van der Waals surface area contributed by atoms with Crippen LogP contribution >= 0.6 is 0 Å². The maximum atomic E-state index is 12.3. The molecule has 1 aromatic rings. The summed E-state index contributed by atoms with van der Waals surface area (Å²) in [7, 11) is 0. The van der Waals surface area contributed by atoms with Crippen molar-refractivity contribution >= 4 is 6.09 Å². The van der Waals surface area contributed by atoms with E-state index in [-0.39, 0.29) is 12.2 Å². The molecule has 1 aliphatic carbocycles. The molecule has 1 aliphatic heterocycles. The Balaban J connectivity index is 1.68. The van der Waals surface area contributed by atoms with Gasteiger partial charge >= 0.3 is 6.09 Å². The summed E-state index contributed by atoms with van der Waals surface area (Å²) in [4.78, 5) is 18.5. The van der Waals surface area contributed by atoms with E-state index in [1.54, 1.807) is 4.90 Å². The maximum absolute atomic E-state index is 12.3. The van der Waals surface area contributed by atoms with Gasteiger partial charge in [-0.05, 0) is 52.0 Å². The molecule has 2 atom stereocenters. The second-order valence-electron chi connectivity index (χ2n) is 8.28. The summed E-state index contributed by atoms with van der Waals surface area (Å²) in [6.07, 6.45) is 4.66. The minimum atomic E-state index is -0.514. The lowest BCUT2D eigenvalue weighted by Crippen LogP contribution is -2.37. The van der Waals surface area contributed by atoms with E-state index in [4.69, 9.17) is 14.2 Å². The van der Waals surface area contributed by atoms with Gasteiger partial charge < -0.3 is 19.1 Å². The molecule has 2 unspecified atom stereocenters. The Labute approximate surface area is 155 Å². The van der Waals surface area contributed by atoms with Crippen LogP contribution in [0, 0.1) is 5.92 Å². The number of amides is 1. The molecule has 0 saturated heterocycles.